The van der Waals surface area contributed by atoms with Crippen molar-refractivity contribution in [2.75, 3.05) is 12.0 Å². The molecular weight excluding hydrogens is 210 g/mol. The number of nitrogen functional groups attached to an aromatic ring is 1. The topological polar surface area (TPSA) is 68.9 Å². The molecule has 0 aromatic carbocycles. The summed E-state index contributed by atoms with van der Waals surface area (Å²) in [5, 5.41) is 0.726. The Morgan fingerprint density at radius 1 is 1.27 bits per heavy atom. The van der Waals surface area contributed by atoms with E-state index in [9.17, 15) is 4.79 Å². The Labute approximate surface area is 92.7 Å². The van der Waals surface area contributed by atoms with Gasteiger partial charge in [-0.15, -0.1) is 11.8 Å². The third-order valence-corrected chi connectivity index (χ3v) is 3.19. The molecule has 0 bridgehead atoms. The van der Waals surface area contributed by atoms with E-state index < -0.39 is 0 Å². The monoisotopic (exact) mass is 223 g/mol. The number of carbonyl (C=O) groups excluding carboxylic acids is 1. The molecule has 0 spiro atoms. The number of anilines is 1. The SMILES string of the molecule is CSc1nc(N)nc2c1C(=O)CCCC2. The minimum Gasteiger partial charge on any atom is -0.368 e. The number of aromatic nitrogens is 2. The lowest BCUT2D eigenvalue weighted by atomic mass is 10.1. The normalized spacial score (nSPS) is 15.9. The number of hydrogen-bond donors (Lipinski definition) is 1. The average Bonchev–Trinajstić information content (AvgIpc) is 2.39. The molecule has 0 saturated carbocycles. The number of aryl methyl sites for hydroxylation is 1. The van der Waals surface area contributed by atoms with Gasteiger partial charge in [-0.3, -0.25) is 4.79 Å². The van der Waals surface area contributed by atoms with Crippen LogP contribution in [0.2, 0.25) is 0 Å². The first kappa shape index (κ1) is 10.4. The van der Waals surface area contributed by atoms with Crippen molar-refractivity contribution in [1.82, 2.24) is 9.97 Å². The van der Waals surface area contributed by atoms with E-state index in [1.165, 1.54) is 11.8 Å². The van der Waals surface area contributed by atoms with Crippen molar-refractivity contribution in [3.05, 3.63) is 11.3 Å². The molecule has 5 heteroatoms. The van der Waals surface area contributed by atoms with Crippen molar-refractivity contribution >= 4 is 23.5 Å². The number of ketones is 1. The van der Waals surface area contributed by atoms with Crippen LogP contribution in [-0.2, 0) is 6.42 Å². The maximum absolute atomic E-state index is 11.9. The lowest BCUT2D eigenvalue weighted by Gasteiger charge is -2.08. The van der Waals surface area contributed by atoms with Gasteiger partial charge >= 0.3 is 0 Å². The first-order chi connectivity index (χ1) is 7.22. The molecule has 1 aliphatic carbocycles. The molecule has 0 amide bonds. The van der Waals surface area contributed by atoms with Gasteiger partial charge in [0.05, 0.1) is 11.3 Å². The summed E-state index contributed by atoms with van der Waals surface area (Å²) in [6.07, 6.45) is 5.28. The second-order valence-corrected chi connectivity index (χ2v) is 4.34. The first-order valence-corrected chi connectivity index (χ1v) is 6.18. The molecule has 0 unspecified atom stereocenters. The van der Waals surface area contributed by atoms with E-state index in [0.717, 1.165) is 30.0 Å². The predicted molar refractivity (Wildman–Crippen MR) is 60.1 cm³/mol. The number of thioether (sulfide) groups is 1. The van der Waals surface area contributed by atoms with Gasteiger partial charge < -0.3 is 5.73 Å². The highest BCUT2D eigenvalue weighted by Gasteiger charge is 2.21. The predicted octanol–water partition coefficient (Wildman–Crippen LogP) is 1.69. The number of nitrogens with two attached hydrogens (primary N) is 1. The number of rotatable bonds is 1. The Bertz CT molecular complexity index is 406. The summed E-state index contributed by atoms with van der Waals surface area (Å²) in [7, 11) is 0. The Kier molecular flexibility index (Phi) is 2.90. The summed E-state index contributed by atoms with van der Waals surface area (Å²) in [4.78, 5) is 20.1. The van der Waals surface area contributed by atoms with E-state index in [0.29, 0.717) is 12.0 Å². The molecular formula is C10H13N3OS. The highest BCUT2D eigenvalue weighted by atomic mass is 32.2. The Morgan fingerprint density at radius 3 is 2.73 bits per heavy atom. The van der Waals surface area contributed by atoms with Crippen LogP contribution < -0.4 is 5.73 Å². The third-order valence-electron chi connectivity index (χ3n) is 2.51. The van der Waals surface area contributed by atoms with E-state index >= 15 is 0 Å². The Hall–Kier alpha value is -1.10. The van der Waals surface area contributed by atoms with Crippen molar-refractivity contribution in [2.45, 2.75) is 30.7 Å². The molecule has 4 nitrogen and oxygen atoms in total. The standard InChI is InChI=1S/C10H13N3OS/c1-15-9-8-6(12-10(11)13-9)4-2-3-5-7(8)14/h2-5H2,1H3,(H2,11,12,13). The Balaban J connectivity index is 2.58. The quantitative estimate of drug-likeness (QED) is 0.446. The smallest absolute Gasteiger partial charge is 0.221 e. The van der Waals surface area contributed by atoms with Gasteiger partial charge in [0.1, 0.15) is 5.03 Å². The lowest BCUT2D eigenvalue weighted by Crippen LogP contribution is -2.09. The second kappa shape index (κ2) is 4.18. The van der Waals surface area contributed by atoms with Crippen LogP contribution in [0.4, 0.5) is 5.95 Å². The van der Waals surface area contributed by atoms with Gasteiger partial charge in [-0.25, -0.2) is 9.97 Å². The first-order valence-electron chi connectivity index (χ1n) is 4.96. The summed E-state index contributed by atoms with van der Waals surface area (Å²) in [5.41, 5.74) is 7.14. The van der Waals surface area contributed by atoms with Crippen molar-refractivity contribution in [1.29, 1.82) is 0 Å². The largest absolute Gasteiger partial charge is 0.368 e. The van der Waals surface area contributed by atoms with Crippen LogP contribution in [0.15, 0.2) is 5.03 Å². The minimum absolute atomic E-state index is 0.159. The summed E-state index contributed by atoms with van der Waals surface area (Å²) < 4.78 is 0. The fourth-order valence-electron chi connectivity index (χ4n) is 1.81. The van der Waals surface area contributed by atoms with Gasteiger partial charge in [0.2, 0.25) is 5.95 Å². The van der Waals surface area contributed by atoms with Crippen LogP contribution in [0.3, 0.4) is 0 Å². The molecule has 1 aliphatic rings. The maximum Gasteiger partial charge on any atom is 0.221 e. The summed E-state index contributed by atoms with van der Waals surface area (Å²) in [6, 6.07) is 0. The minimum atomic E-state index is 0.159. The molecule has 0 saturated heterocycles. The third kappa shape index (κ3) is 1.97. The van der Waals surface area contributed by atoms with Crippen LogP contribution in [0, 0.1) is 0 Å². The highest BCUT2D eigenvalue weighted by Crippen LogP contribution is 2.27. The molecule has 0 radical (unpaired) electrons. The van der Waals surface area contributed by atoms with Gasteiger partial charge in [-0.05, 0) is 25.5 Å². The zero-order valence-electron chi connectivity index (χ0n) is 8.62. The lowest BCUT2D eigenvalue weighted by molar-refractivity contribution is 0.0978. The highest BCUT2D eigenvalue weighted by molar-refractivity contribution is 7.98. The molecule has 2 rings (SSSR count). The average molecular weight is 223 g/mol. The summed E-state index contributed by atoms with van der Waals surface area (Å²) in [5.74, 6) is 0.430. The zero-order valence-corrected chi connectivity index (χ0v) is 9.43. The molecule has 1 aromatic rings. The number of Topliss-reactive ketones (excluding diaryl/α,β-unsaturated/α-hetero) is 1. The van der Waals surface area contributed by atoms with E-state index in [1.54, 1.807) is 0 Å². The summed E-state index contributed by atoms with van der Waals surface area (Å²) >= 11 is 1.46. The molecule has 15 heavy (non-hydrogen) atoms. The number of fused-ring (bicyclic) bond motifs is 1. The molecule has 0 atom stereocenters. The van der Waals surface area contributed by atoms with Crippen LogP contribution in [0.5, 0.6) is 0 Å². The van der Waals surface area contributed by atoms with Crippen LogP contribution >= 0.6 is 11.8 Å². The van der Waals surface area contributed by atoms with Gasteiger partial charge in [0.15, 0.2) is 5.78 Å². The number of hydrogen-bond acceptors (Lipinski definition) is 5. The number of carbonyl (C=O) groups is 1. The van der Waals surface area contributed by atoms with E-state index in [2.05, 4.69) is 9.97 Å². The van der Waals surface area contributed by atoms with Crippen molar-refractivity contribution in [3.8, 4) is 0 Å². The zero-order chi connectivity index (χ0) is 10.8. The number of nitrogens with zero attached hydrogens (tertiary/aromatic N) is 2. The fourth-order valence-corrected chi connectivity index (χ4v) is 2.43. The molecule has 2 N–H and O–H groups in total. The van der Waals surface area contributed by atoms with E-state index in [-0.39, 0.29) is 11.7 Å². The van der Waals surface area contributed by atoms with Crippen LogP contribution in [0.1, 0.15) is 35.3 Å². The maximum atomic E-state index is 11.9. The Morgan fingerprint density at radius 2 is 2.00 bits per heavy atom. The van der Waals surface area contributed by atoms with Crippen molar-refractivity contribution in [3.63, 3.8) is 0 Å². The van der Waals surface area contributed by atoms with Gasteiger partial charge in [-0.1, -0.05) is 0 Å². The fraction of sp³-hybridized carbons (Fsp3) is 0.500. The van der Waals surface area contributed by atoms with Gasteiger partial charge in [0.25, 0.3) is 0 Å². The van der Waals surface area contributed by atoms with E-state index in [4.69, 9.17) is 5.73 Å². The second-order valence-electron chi connectivity index (χ2n) is 3.54. The molecule has 80 valence electrons. The van der Waals surface area contributed by atoms with Crippen molar-refractivity contribution in [2.24, 2.45) is 0 Å². The van der Waals surface area contributed by atoms with Crippen molar-refractivity contribution < 1.29 is 4.79 Å². The van der Waals surface area contributed by atoms with E-state index in [1.807, 2.05) is 6.26 Å². The van der Waals surface area contributed by atoms with Gasteiger partial charge in [0, 0.05) is 6.42 Å². The van der Waals surface area contributed by atoms with Crippen LogP contribution in [-0.4, -0.2) is 22.0 Å². The molecule has 0 aliphatic heterocycles. The van der Waals surface area contributed by atoms with Crippen LogP contribution in [0.25, 0.3) is 0 Å². The molecule has 0 fully saturated rings. The van der Waals surface area contributed by atoms with Gasteiger partial charge in [-0.2, -0.15) is 0 Å². The molecule has 1 heterocycles. The summed E-state index contributed by atoms with van der Waals surface area (Å²) in [6.45, 7) is 0. The molecule has 1 aromatic heterocycles.